The third-order valence-corrected chi connectivity index (χ3v) is 3.76. The Morgan fingerprint density at radius 2 is 1.48 bits per heavy atom. The molecule has 4 nitrogen and oxygen atoms in total. The summed E-state index contributed by atoms with van der Waals surface area (Å²) in [5.74, 6) is 0. The van der Waals surface area contributed by atoms with Gasteiger partial charge in [-0.1, -0.05) is 27.2 Å². The molecule has 0 aromatic rings. The summed E-state index contributed by atoms with van der Waals surface area (Å²) in [4.78, 5) is 0. The molecule has 0 unspecified atom stereocenters. The van der Waals surface area contributed by atoms with Gasteiger partial charge in [-0.25, -0.2) is 0 Å². The highest BCUT2D eigenvalue weighted by Crippen LogP contribution is 2.23. The van der Waals surface area contributed by atoms with Gasteiger partial charge in [0, 0.05) is 25.8 Å². The van der Waals surface area contributed by atoms with Crippen LogP contribution in [0.3, 0.4) is 0 Å². The molecule has 1 aliphatic rings. The van der Waals surface area contributed by atoms with Crippen LogP contribution in [-0.2, 0) is 14.2 Å². The number of rotatable bonds is 15. The minimum atomic E-state index is 0.316. The Hall–Kier alpha value is -0.160. The van der Waals surface area contributed by atoms with E-state index >= 15 is 0 Å². The van der Waals surface area contributed by atoms with Crippen molar-refractivity contribution >= 4 is 0 Å². The lowest BCUT2D eigenvalue weighted by Gasteiger charge is -2.25. The predicted molar refractivity (Wildman–Crippen MR) is 86.8 cm³/mol. The van der Waals surface area contributed by atoms with Gasteiger partial charge < -0.3 is 19.5 Å². The molecule has 0 amide bonds. The van der Waals surface area contributed by atoms with E-state index in [0.717, 1.165) is 38.6 Å². The molecule has 0 saturated heterocycles. The van der Waals surface area contributed by atoms with E-state index in [4.69, 9.17) is 14.2 Å². The van der Waals surface area contributed by atoms with E-state index in [2.05, 4.69) is 26.1 Å². The molecule has 1 saturated carbocycles. The monoisotopic (exact) mass is 301 g/mol. The second kappa shape index (κ2) is 11.4. The second-order valence-corrected chi connectivity index (χ2v) is 6.76. The van der Waals surface area contributed by atoms with E-state index in [1.807, 2.05) is 0 Å². The maximum absolute atomic E-state index is 5.64. The van der Waals surface area contributed by atoms with Crippen molar-refractivity contribution in [1.82, 2.24) is 5.32 Å². The number of ether oxygens (including phenoxy) is 3. The van der Waals surface area contributed by atoms with Crippen molar-refractivity contribution < 1.29 is 14.2 Å². The Bertz CT molecular complexity index is 242. The van der Waals surface area contributed by atoms with Crippen molar-refractivity contribution in [2.45, 2.75) is 58.9 Å². The molecule has 1 N–H and O–H groups in total. The first-order valence-corrected chi connectivity index (χ1v) is 8.60. The van der Waals surface area contributed by atoms with Crippen LogP contribution in [0.5, 0.6) is 0 Å². The summed E-state index contributed by atoms with van der Waals surface area (Å²) in [6.45, 7) is 12.2. The Balaban J connectivity index is 1.78. The quantitative estimate of drug-likeness (QED) is 0.472. The molecule has 1 rings (SSSR count). The first-order chi connectivity index (χ1) is 10.1. The van der Waals surface area contributed by atoms with Crippen LogP contribution in [0.15, 0.2) is 0 Å². The van der Waals surface area contributed by atoms with Gasteiger partial charge in [0.1, 0.15) is 0 Å². The van der Waals surface area contributed by atoms with Gasteiger partial charge in [-0.05, 0) is 31.1 Å². The molecule has 0 spiro atoms. The minimum absolute atomic E-state index is 0.316. The van der Waals surface area contributed by atoms with Crippen molar-refractivity contribution in [3.05, 3.63) is 0 Å². The van der Waals surface area contributed by atoms with Crippen LogP contribution in [0.2, 0.25) is 0 Å². The van der Waals surface area contributed by atoms with Crippen LogP contribution in [0.1, 0.15) is 52.9 Å². The highest BCUT2D eigenvalue weighted by atomic mass is 16.5. The van der Waals surface area contributed by atoms with Crippen molar-refractivity contribution in [3.8, 4) is 0 Å². The summed E-state index contributed by atoms with van der Waals surface area (Å²) >= 11 is 0. The Morgan fingerprint density at radius 1 is 0.905 bits per heavy atom. The smallest absolute Gasteiger partial charge is 0.0701 e. The van der Waals surface area contributed by atoms with Gasteiger partial charge in [0.05, 0.1) is 26.4 Å². The minimum Gasteiger partial charge on any atom is -0.379 e. The summed E-state index contributed by atoms with van der Waals surface area (Å²) in [7, 11) is 0. The molecule has 0 aromatic carbocycles. The Kier molecular flexibility index (Phi) is 10.3. The maximum Gasteiger partial charge on any atom is 0.0701 e. The molecule has 0 radical (unpaired) electrons. The maximum atomic E-state index is 5.64. The summed E-state index contributed by atoms with van der Waals surface area (Å²) < 4.78 is 16.5. The predicted octanol–water partition coefficient (Wildman–Crippen LogP) is 3.00. The molecule has 1 aliphatic carbocycles. The zero-order valence-corrected chi connectivity index (χ0v) is 14.3. The Labute approximate surface area is 130 Å². The molecule has 4 heteroatoms. The van der Waals surface area contributed by atoms with Crippen LogP contribution >= 0.6 is 0 Å². The van der Waals surface area contributed by atoms with Crippen LogP contribution < -0.4 is 5.32 Å². The molecule has 21 heavy (non-hydrogen) atoms. The van der Waals surface area contributed by atoms with Gasteiger partial charge in [-0.3, -0.25) is 0 Å². The average molecular weight is 301 g/mol. The van der Waals surface area contributed by atoms with Crippen LogP contribution in [0.25, 0.3) is 0 Å². The first-order valence-electron chi connectivity index (χ1n) is 8.60. The first kappa shape index (κ1) is 18.9. The van der Waals surface area contributed by atoms with E-state index in [1.165, 1.54) is 19.3 Å². The molecular formula is C17H35NO3. The second-order valence-electron chi connectivity index (χ2n) is 6.76. The highest BCUT2D eigenvalue weighted by molar-refractivity contribution is 4.83. The molecule has 0 atom stereocenters. The standard InChI is InChI=1S/C17H35NO3/c1-4-5-9-19-11-13-21-14-12-20-10-8-17(2,3)15-18-16-6-7-16/h16,18H,4-15H2,1-3H3. The van der Waals surface area contributed by atoms with E-state index in [0.29, 0.717) is 31.8 Å². The molecule has 0 bridgehead atoms. The van der Waals surface area contributed by atoms with Gasteiger partial charge in [0.2, 0.25) is 0 Å². The van der Waals surface area contributed by atoms with Gasteiger partial charge in [-0.2, -0.15) is 0 Å². The average Bonchev–Trinajstić information content (AvgIpc) is 3.27. The summed E-state index contributed by atoms with van der Waals surface area (Å²) in [5.41, 5.74) is 0.316. The van der Waals surface area contributed by atoms with Gasteiger partial charge in [0.15, 0.2) is 0 Å². The van der Waals surface area contributed by atoms with Crippen molar-refractivity contribution in [2.75, 3.05) is 46.2 Å². The largest absolute Gasteiger partial charge is 0.379 e. The lowest BCUT2D eigenvalue weighted by Crippen LogP contribution is -2.31. The normalized spacial score (nSPS) is 15.6. The molecule has 0 aliphatic heterocycles. The number of hydrogen-bond donors (Lipinski definition) is 1. The fourth-order valence-corrected chi connectivity index (χ4v) is 1.93. The lowest BCUT2D eigenvalue weighted by molar-refractivity contribution is 0.00934. The third kappa shape index (κ3) is 12.1. The van der Waals surface area contributed by atoms with Crippen molar-refractivity contribution in [1.29, 1.82) is 0 Å². The summed E-state index contributed by atoms with van der Waals surface area (Å²) in [5, 5.41) is 3.59. The number of hydrogen-bond acceptors (Lipinski definition) is 4. The van der Waals surface area contributed by atoms with E-state index in [1.54, 1.807) is 0 Å². The van der Waals surface area contributed by atoms with E-state index in [-0.39, 0.29) is 0 Å². The summed E-state index contributed by atoms with van der Waals surface area (Å²) in [6.07, 6.45) is 6.11. The Morgan fingerprint density at radius 3 is 2.05 bits per heavy atom. The summed E-state index contributed by atoms with van der Waals surface area (Å²) in [6, 6.07) is 0.790. The zero-order chi connectivity index (χ0) is 15.4. The number of nitrogens with one attached hydrogen (secondary N) is 1. The van der Waals surface area contributed by atoms with Crippen LogP contribution in [-0.4, -0.2) is 52.2 Å². The molecule has 0 aromatic heterocycles. The van der Waals surface area contributed by atoms with Crippen LogP contribution in [0.4, 0.5) is 0 Å². The SMILES string of the molecule is CCCCOCCOCCOCCC(C)(C)CNC1CC1. The van der Waals surface area contributed by atoms with E-state index < -0.39 is 0 Å². The molecule has 126 valence electrons. The third-order valence-electron chi connectivity index (χ3n) is 3.76. The van der Waals surface area contributed by atoms with Gasteiger partial charge in [-0.15, -0.1) is 0 Å². The van der Waals surface area contributed by atoms with Crippen molar-refractivity contribution in [2.24, 2.45) is 5.41 Å². The highest BCUT2D eigenvalue weighted by Gasteiger charge is 2.24. The van der Waals surface area contributed by atoms with Crippen molar-refractivity contribution in [3.63, 3.8) is 0 Å². The zero-order valence-electron chi connectivity index (χ0n) is 14.3. The lowest BCUT2D eigenvalue weighted by atomic mass is 9.90. The molecule has 1 fully saturated rings. The number of unbranched alkanes of at least 4 members (excludes halogenated alkanes) is 1. The molecular weight excluding hydrogens is 266 g/mol. The topological polar surface area (TPSA) is 39.7 Å². The fraction of sp³-hybridized carbons (Fsp3) is 1.00. The van der Waals surface area contributed by atoms with Crippen LogP contribution in [0, 0.1) is 5.41 Å². The van der Waals surface area contributed by atoms with E-state index in [9.17, 15) is 0 Å². The fourth-order valence-electron chi connectivity index (χ4n) is 1.93. The molecule has 0 heterocycles. The van der Waals surface area contributed by atoms with Gasteiger partial charge >= 0.3 is 0 Å². The van der Waals surface area contributed by atoms with Gasteiger partial charge in [0.25, 0.3) is 0 Å².